The van der Waals surface area contributed by atoms with Crippen LogP contribution in [0.3, 0.4) is 0 Å². The molecule has 0 saturated carbocycles. The molecule has 0 aliphatic heterocycles. The van der Waals surface area contributed by atoms with Crippen molar-refractivity contribution >= 4 is 28.1 Å². The smallest absolute Gasteiger partial charge is 0.248 e. The fraction of sp³-hybridized carbons (Fsp3) is 0.333. The monoisotopic (exact) mass is 289 g/mol. The third-order valence-corrected chi connectivity index (χ3v) is 4.07. The zero-order chi connectivity index (χ0) is 14.7. The Labute approximate surface area is 123 Å². The van der Waals surface area contributed by atoms with Gasteiger partial charge in [-0.25, -0.2) is 4.98 Å². The zero-order valence-electron chi connectivity index (χ0n) is 12.2. The Kier molecular flexibility index (Phi) is 4.39. The number of hydrogen-bond acceptors (Lipinski definition) is 4. The minimum atomic E-state index is -0.317. The number of amides is 1. The van der Waals surface area contributed by atoms with E-state index in [0.29, 0.717) is 5.13 Å². The first-order valence-electron chi connectivity index (χ1n) is 6.54. The van der Waals surface area contributed by atoms with Crippen LogP contribution in [0.25, 0.3) is 0 Å². The van der Waals surface area contributed by atoms with Crippen molar-refractivity contribution in [3.05, 3.63) is 40.4 Å². The standard InChI is InChI=1S/C15H19N3OS/c1-9-5-7-13(8-6-9)16-11(3)14(19)18-15-17-10(2)12(4)20-15/h5-8,11,16H,1-4H3,(H,17,18,19)/t11-/m0/s1. The van der Waals surface area contributed by atoms with E-state index in [-0.39, 0.29) is 11.9 Å². The maximum absolute atomic E-state index is 12.1. The summed E-state index contributed by atoms with van der Waals surface area (Å²) < 4.78 is 0. The van der Waals surface area contributed by atoms with E-state index in [1.807, 2.05) is 52.0 Å². The molecule has 1 amide bonds. The van der Waals surface area contributed by atoms with Crippen molar-refractivity contribution in [3.8, 4) is 0 Å². The van der Waals surface area contributed by atoms with Gasteiger partial charge in [0.25, 0.3) is 0 Å². The molecule has 2 rings (SSSR count). The Morgan fingerprint density at radius 3 is 2.40 bits per heavy atom. The highest BCUT2D eigenvalue weighted by atomic mass is 32.1. The van der Waals surface area contributed by atoms with Crippen molar-refractivity contribution in [2.24, 2.45) is 0 Å². The minimum absolute atomic E-state index is 0.0840. The van der Waals surface area contributed by atoms with Crippen molar-refractivity contribution in [2.75, 3.05) is 10.6 Å². The lowest BCUT2D eigenvalue weighted by Gasteiger charge is -2.14. The number of nitrogens with one attached hydrogen (secondary N) is 2. The predicted molar refractivity (Wildman–Crippen MR) is 84.5 cm³/mol. The van der Waals surface area contributed by atoms with Crippen molar-refractivity contribution in [1.29, 1.82) is 0 Å². The maximum atomic E-state index is 12.1. The second-order valence-corrected chi connectivity index (χ2v) is 6.09. The Morgan fingerprint density at radius 2 is 1.85 bits per heavy atom. The van der Waals surface area contributed by atoms with Gasteiger partial charge in [-0.1, -0.05) is 17.7 Å². The lowest BCUT2D eigenvalue weighted by molar-refractivity contribution is -0.116. The third-order valence-electron chi connectivity index (χ3n) is 3.09. The number of anilines is 2. The van der Waals surface area contributed by atoms with Gasteiger partial charge in [-0.2, -0.15) is 0 Å². The Morgan fingerprint density at radius 1 is 1.20 bits per heavy atom. The summed E-state index contributed by atoms with van der Waals surface area (Å²) in [5.41, 5.74) is 3.09. The molecule has 20 heavy (non-hydrogen) atoms. The second-order valence-electron chi connectivity index (χ2n) is 4.88. The molecule has 0 aliphatic carbocycles. The van der Waals surface area contributed by atoms with Crippen LogP contribution in [0.5, 0.6) is 0 Å². The van der Waals surface area contributed by atoms with E-state index >= 15 is 0 Å². The average Bonchev–Trinajstić information content (AvgIpc) is 2.71. The molecule has 4 nitrogen and oxygen atoms in total. The van der Waals surface area contributed by atoms with Gasteiger partial charge in [0.2, 0.25) is 5.91 Å². The molecule has 1 heterocycles. The van der Waals surface area contributed by atoms with Crippen molar-refractivity contribution < 1.29 is 4.79 Å². The quantitative estimate of drug-likeness (QED) is 0.905. The SMILES string of the molecule is Cc1ccc(N[C@@H](C)C(=O)Nc2nc(C)c(C)s2)cc1. The molecule has 106 valence electrons. The molecule has 0 unspecified atom stereocenters. The molecule has 0 radical (unpaired) electrons. The van der Waals surface area contributed by atoms with Crippen LogP contribution in [-0.4, -0.2) is 16.9 Å². The first-order valence-corrected chi connectivity index (χ1v) is 7.35. The lowest BCUT2D eigenvalue weighted by atomic mass is 10.2. The van der Waals surface area contributed by atoms with Gasteiger partial charge < -0.3 is 10.6 Å². The van der Waals surface area contributed by atoms with Crippen LogP contribution in [-0.2, 0) is 4.79 Å². The van der Waals surface area contributed by atoms with Crippen LogP contribution in [0.2, 0.25) is 0 Å². The Balaban J connectivity index is 1.96. The molecule has 0 bridgehead atoms. The number of aryl methyl sites for hydroxylation is 3. The van der Waals surface area contributed by atoms with E-state index in [0.717, 1.165) is 16.3 Å². The molecule has 0 saturated heterocycles. The zero-order valence-corrected chi connectivity index (χ0v) is 13.0. The van der Waals surface area contributed by atoms with Crippen LogP contribution in [0.4, 0.5) is 10.8 Å². The highest BCUT2D eigenvalue weighted by Crippen LogP contribution is 2.21. The summed E-state index contributed by atoms with van der Waals surface area (Å²) in [4.78, 5) is 17.5. The molecule has 2 N–H and O–H groups in total. The van der Waals surface area contributed by atoms with Crippen molar-refractivity contribution in [2.45, 2.75) is 33.7 Å². The summed E-state index contributed by atoms with van der Waals surface area (Å²) in [5, 5.41) is 6.67. The Hall–Kier alpha value is -1.88. The van der Waals surface area contributed by atoms with Gasteiger partial charge in [-0.15, -0.1) is 11.3 Å². The highest BCUT2D eigenvalue weighted by Gasteiger charge is 2.14. The van der Waals surface area contributed by atoms with Crippen LogP contribution in [0, 0.1) is 20.8 Å². The molecular formula is C15H19N3OS. The van der Waals surface area contributed by atoms with E-state index in [1.165, 1.54) is 16.9 Å². The Bertz CT molecular complexity index is 585. The van der Waals surface area contributed by atoms with E-state index in [2.05, 4.69) is 15.6 Å². The number of carbonyl (C=O) groups excluding carboxylic acids is 1. The number of nitrogens with zero attached hydrogens (tertiary/aromatic N) is 1. The first kappa shape index (κ1) is 14.5. The summed E-state index contributed by atoms with van der Waals surface area (Å²) in [6, 6.07) is 7.65. The van der Waals surface area contributed by atoms with Crippen LogP contribution in [0.15, 0.2) is 24.3 Å². The van der Waals surface area contributed by atoms with Gasteiger partial charge >= 0.3 is 0 Å². The summed E-state index contributed by atoms with van der Waals surface area (Å²) in [6.45, 7) is 7.81. The summed E-state index contributed by atoms with van der Waals surface area (Å²) in [5.74, 6) is -0.0840. The molecule has 5 heteroatoms. The van der Waals surface area contributed by atoms with Gasteiger partial charge in [-0.05, 0) is 39.8 Å². The van der Waals surface area contributed by atoms with E-state index in [4.69, 9.17) is 0 Å². The van der Waals surface area contributed by atoms with Crippen LogP contribution >= 0.6 is 11.3 Å². The van der Waals surface area contributed by atoms with Crippen molar-refractivity contribution in [1.82, 2.24) is 4.98 Å². The summed E-state index contributed by atoms with van der Waals surface area (Å²) in [6.07, 6.45) is 0. The average molecular weight is 289 g/mol. The van der Waals surface area contributed by atoms with E-state index < -0.39 is 0 Å². The van der Waals surface area contributed by atoms with Crippen LogP contribution < -0.4 is 10.6 Å². The van der Waals surface area contributed by atoms with Gasteiger partial charge in [0, 0.05) is 10.6 Å². The largest absolute Gasteiger partial charge is 0.374 e. The van der Waals surface area contributed by atoms with Crippen molar-refractivity contribution in [3.63, 3.8) is 0 Å². The van der Waals surface area contributed by atoms with E-state index in [1.54, 1.807) is 0 Å². The molecule has 2 aromatic rings. The normalized spacial score (nSPS) is 12.0. The number of benzene rings is 1. The fourth-order valence-corrected chi connectivity index (χ4v) is 2.52. The first-order chi connectivity index (χ1) is 9.45. The number of hydrogen-bond donors (Lipinski definition) is 2. The lowest BCUT2D eigenvalue weighted by Crippen LogP contribution is -2.31. The molecule has 0 aliphatic rings. The molecule has 1 aromatic carbocycles. The van der Waals surface area contributed by atoms with E-state index in [9.17, 15) is 4.79 Å². The predicted octanol–water partition coefficient (Wildman–Crippen LogP) is 3.51. The number of carbonyl (C=O) groups is 1. The number of aromatic nitrogens is 1. The molecule has 0 spiro atoms. The summed E-state index contributed by atoms with van der Waals surface area (Å²) in [7, 11) is 0. The molecular weight excluding hydrogens is 270 g/mol. The van der Waals surface area contributed by atoms with Gasteiger partial charge in [0.15, 0.2) is 5.13 Å². The molecule has 1 aromatic heterocycles. The third kappa shape index (κ3) is 3.57. The molecule has 1 atom stereocenters. The topological polar surface area (TPSA) is 54.0 Å². The van der Waals surface area contributed by atoms with Gasteiger partial charge in [-0.3, -0.25) is 4.79 Å². The van der Waals surface area contributed by atoms with Crippen LogP contribution in [0.1, 0.15) is 23.1 Å². The second kappa shape index (κ2) is 6.05. The number of rotatable bonds is 4. The van der Waals surface area contributed by atoms with Gasteiger partial charge in [0.1, 0.15) is 6.04 Å². The number of thiazole rings is 1. The highest BCUT2D eigenvalue weighted by molar-refractivity contribution is 7.15. The maximum Gasteiger partial charge on any atom is 0.248 e. The molecule has 0 fully saturated rings. The fourth-order valence-electron chi connectivity index (χ4n) is 1.71. The minimum Gasteiger partial charge on any atom is -0.374 e. The summed E-state index contributed by atoms with van der Waals surface area (Å²) >= 11 is 1.50. The van der Waals surface area contributed by atoms with Gasteiger partial charge in [0.05, 0.1) is 5.69 Å².